The lowest BCUT2D eigenvalue weighted by Crippen LogP contribution is -2.39. The van der Waals surface area contributed by atoms with Gasteiger partial charge in [0, 0.05) is 13.2 Å². The van der Waals surface area contributed by atoms with Crippen LogP contribution < -0.4 is 0 Å². The van der Waals surface area contributed by atoms with Gasteiger partial charge in [0.2, 0.25) is 5.91 Å². The Morgan fingerprint density at radius 2 is 2.11 bits per heavy atom. The predicted molar refractivity (Wildman–Crippen MR) is 73.4 cm³/mol. The molecule has 4 heteroatoms. The molecule has 1 aromatic heterocycles. The highest BCUT2D eigenvalue weighted by atomic mass is 16.3. The number of aromatic nitrogens is 1. The molecule has 0 saturated heterocycles. The number of aliphatic hydroxyl groups is 1. The molecule has 0 atom stereocenters. The van der Waals surface area contributed by atoms with Crippen LogP contribution in [-0.2, 0) is 11.3 Å². The van der Waals surface area contributed by atoms with E-state index < -0.39 is 5.60 Å². The van der Waals surface area contributed by atoms with Crippen LogP contribution in [0.4, 0.5) is 0 Å². The van der Waals surface area contributed by atoms with E-state index in [0.717, 1.165) is 31.4 Å². The van der Waals surface area contributed by atoms with Crippen molar-refractivity contribution in [2.24, 2.45) is 0 Å². The lowest BCUT2D eigenvalue weighted by Gasteiger charge is -2.32. The molecule has 19 heavy (non-hydrogen) atoms. The molecule has 104 valence electrons. The van der Waals surface area contributed by atoms with Crippen LogP contribution in [-0.4, -0.2) is 33.5 Å². The Hall–Kier alpha value is -1.42. The molecule has 0 radical (unpaired) electrons. The molecule has 0 aromatic carbocycles. The highest BCUT2D eigenvalue weighted by Crippen LogP contribution is 2.31. The summed E-state index contributed by atoms with van der Waals surface area (Å²) in [5, 5.41) is 10.4. The largest absolute Gasteiger partial charge is 0.389 e. The summed E-state index contributed by atoms with van der Waals surface area (Å²) in [7, 11) is 1.77. The van der Waals surface area contributed by atoms with Crippen LogP contribution in [0.2, 0.25) is 0 Å². The molecule has 4 nitrogen and oxygen atoms in total. The summed E-state index contributed by atoms with van der Waals surface area (Å²) in [6, 6.07) is 5.67. The third-order valence-electron chi connectivity index (χ3n) is 3.82. The molecule has 0 aliphatic heterocycles. The van der Waals surface area contributed by atoms with E-state index in [9.17, 15) is 9.90 Å². The Balaban J connectivity index is 1.88. The Labute approximate surface area is 114 Å². The Bertz CT molecular complexity index is 413. The number of nitrogens with zero attached hydrogens (tertiary/aromatic N) is 2. The molecule has 1 heterocycles. The van der Waals surface area contributed by atoms with Crippen LogP contribution in [0.3, 0.4) is 0 Å². The van der Waals surface area contributed by atoms with Crippen molar-refractivity contribution in [3.63, 3.8) is 0 Å². The number of pyridine rings is 1. The van der Waals surface area contributed by atoms with Gasteiger partial charge in [0.25, 0.3) is 0 Å². The standard InChI is InChI=1S/C15H22N2O2/c1-17(12-13-7-3-6-10-16-13)14(18)11-15(19)8-4-2-5-9-15/h3,6-7,10,19H,2,4-5,8-9,11-12H2,1H3. The minimum atomic E-state index is -0.784. The fourth-order valence-electron chi connectivity index (χ4n) is 2.63. The van der Waals surface area contributed by atoms with Gasteiger partial charge in [-0.25, -0.2) is 0 Å². The topological polar surface area (TPSA) is 53.4 Å². The van der Waals surface area contributed by atoms with Gasteiger partial charge in [-0.05, 0) is 25.0 Å². The second-order valence-corrected chi connectivity index (χ2v) is 5.53. The first-order valence-corrected chi connectivity index (χ1v) is 6.95. The molecule has 1 amide bonds. The molecule has 1 aromatic rings. The molecule has 0 bridgehead atoms. The summed E-state index contributed by atoms with van der Waals surface area (Å²) < 4.78 is 0. The van der Waals surface area contributed by atoms with Gasteiger partial charge in [0.05, 0.1) is 24.3 Å². The molecule has 1 N–H and O–H groups in total. The average molecular weight is 262 g/mol. The maximum atomic E-state index is 12.2. The molecule has 1 saturated carbocycles. The van der Waals surface area contributed by atoms with Crippen molar-refractivity contribution in [3.8, 4) is 0 Å². The first kappa shape index (κ1) is 14.0. The fraction of sp³-hybridized carbons (Fsp3) is 0.600. The number of carbonyl (C=O) groups excluding carboxylic acids is 1. The summed E-state index contributed by atoms with van der Waals surface area (Å²) >= 11 is 0. The van der Waals surface area contributed by atoms with Crippen LogP contribution in [0.15, 0.2) is 24.4 Å². The van der Waals surface area contributed by atoms with Crippen molar-refractivity contribution >= 4 is 5.91 Å². The predicted octanol–water partition coefficient (Wildman–Crippen LogP) is 2.13. The molecular formula is C15H22N2O2. The zero-order valence-corrected chi connectivity index (χ0v) is 11.5. The van der Waals surface area contributed by atoms with Gasteiger partial charge in [0.15, 0.2) is 0 Å². The van der Waals surface area contributed by atoms with Crippen LogP contribution >= 0.6 is 0 Å². The van der Waals surface area contributed by atoms with Gasteiger partial charge in [0.1, 0.15) is 0 Å². The first-order valence-electron chi connectivity index (χ1n) is 6.95. The van der Waals surface area contributed by atoms with E-state index in [1.165, 1.54) is 6.42 Å². The van der Waals surface area contributed by atoms with E-state index in [2.05, 4.69) is 4.98 Å². The van der Waals surface area contributed by atoms with Crippen molar-refractivity contribution in [2.75, 3.05) is 7.05 Å². The molecule has 0 unspecified atom stereocenters. The van der Waals surface area contributed by atoms with Gasteiger partial charge >= 0.3 is 0 Å². The van der Waals surface area contributed by atoms with E-state index >= 15 is 0 Å². The Kier molecular flexibility index (Phi) is 4.53. The smallest absolute Gasteiger partial charge is 0.225 e. The summed E-state index contributed by atoms with van der Waals surface area (Å²) in [5.74, 6) is -0.00458. The van der Waals surface area contributed by atoms with Gasteiger partial charge < -0.3 is 10.0 Å². The van der Waals surface area contributed by atoms with Gasteiger partial charge in [-0.2, -0.15) is 0 Å². The third-order valence-corrected chi connectivity index (χ3v) is 3.82. The summed E-state index contributed by atoms with van der Waals surface area (Å²) in [6.07, 6.45) is 6.66. The lowest BCUT2D eigenvalue weighted by atomic mass is 9.82. The Morgan fingerprint density at radius 1 is 1.37 bits per heavy atom. The minimum Gasteiger partial charge on any atom is -0.389 e. The SMILES string of the molecule is CN(Cc1ccccn1)C(=O)CC1(O)CCCCC1. The van der Waals surface area contributed by atoms with Crippen molar-refractivity contribution in [2.45, 2.75) is 50.7 Å². The second-order valence-electron chi connectivity index (χ2n) is 5.53. The molecule has 1 fully saturated rings. The summed E-state index contributed by atoms with van der Waals surface area (Å²) in [5.41, 5.74) is 0.0854. The van der Waals surface area contributed by atoms with Crippen LogP contribution in [0.1, 0.15) is 44.2 Å². The molecule has 0 spiro atoms. The number of hydrogen-bond donors (Lipinski definition) is 1. The number of hydrogen-bond acceptors (Lipinski definition) is 3. The number of amides is 1. The maximum Gasteiger partial charge on any atom is 0.225 e. The van der Waals surface area contributed by atoms with Gasteiger partial charge in [-0.1, -0.05) is 25.3 Å². The van der Waals surface area contributed by atoms with E-state index in [4.69, 9.17) is 0 Å². The van der Waals surface area contributed by atoms with Gasteiger partial charge in [-0.3, -0.25) is 9.78 Å². The highest BCUT2D eigenvalue weighted by Gasteiger charge is 2.32. The normalized spacial score (nSPS) is 18.0. The number of rotatable bonds is 4. The summed E-state index contributed by atoms with van der Waals surface area (Å²) in [4.78, 5) is 18.0. The minimum absolute atomic E-state index is 0.00458. The quantitative estimate of drug-likeness (QED) is 0.904. The molecular weight excluding hydrogens is 240 g/mol. The van der Waals surface area contributed by atoms with Crippen LogP contribution in [0.25, 0.3) is 0 Å². The summed E-state index contributed by atoms with van der Waals surface area (Å²) in [6.45, 7) is 0.496. The monoisotopic (exact) mass is 262 g/mol. The van der Waals surface area contributed by atoms with Crippen LogP contribution in [0.5, 0.6) is 0 Å². The van der Waals surface area contributed by atoms with Crippen LogP contribution in [0, 0.1) is 0 Å². The molecule has 1 aliphatic rings. The maximum absolute atomic E-state index is 12.2. The lowest BCUT2D eigenvalue weighted by molar-refractivity contribution is -0.137. The van der Waals surface area contributed by atoms with Crippen molar-refractivity contribution in [3.05, 3.63) is 30.1 Å². The zero-order chi connectivity index (χ0) is 13.7. The first-order chi connectivity index (χ1) is 9.09. The van der Waals surface area contributed by atoms with Crippen molar-refractivity contribution < 1.29 is 9.90 Å². The number of carbonyl (C=O) groups is 1. The highest BCUT2D eigenvalue weighted by molar-refractivity contribution is 5.77. The average Bonchev–Trinajstić information content (AvgIpc) is 2.40. The van der Waals surface area contributed by atoms with Crippen molar-refractivity contribution in [1.82, 2.24) is 9.88 Å². The second kappa shape index (κ2) is 6.15. The molecule has 2 rings (SSSR count). The Morgan fingerprint density at radius 3 is 2.74 bits per heavy atom. The third kappa shape index (κ3) is 4.03. The zero-order valence-electron chi connectivity index (χ0n) is 11.5. The van der Waals surface area contributed by atoms with E-state index in [0.29, 0.717) is 6.54 Å². The van der Waals surface area contributed by atoms with Gasteiger partial charge in [-0.15, -0.1) is 0 Å². The molecule has 1 aliphatic carbocycles. The van der Waals surface area contributed by atoms with E-state index in [1.54, 1.807) is 18.1 Å². The van der Waals surface area contributed by atoms with E-state index in [-0.39, 0.29) is 12.3 Å². The van der Waals surface area contributed by atoms with E-state index in [1.807, 2.05) is 18.2 Å². The fourth-order valence-corrected chi connectivity index (χ4v) is 2.63. The van der Waals surface area contributed by atoms with Crippen molar-refractivity contribution in [1.29, 1.82) is 0 Å².